The van der Waals surface area contributed by atoms with E-state index in [0.717, 1.165) is 6.26 Å². The largest absolute Gasteiger partial charge is 0.481 e. The maximum absolute atomic E-state index is 11.5. The molecule has 0 spiro atoms. The van der Waals surface area contributed by atoms with Crippen LogP contribution >= 0.6 is 0 Å². The number of carboxylic acids is 1. The molecule has 5 nitrogen and oxygen atoms in total. The average Bonchev–Trinajstić information content (AvgIpc) is 2.19. The van der Waals surface area contributed by atoms with Crippen LogP contribution in [0.25, 0.3) is 0 Å². The van der Waals surface area contributed by atoms with Gasteiger partial charge in [-0.15, -0.1) is 0 Å². The Morgan fingerprint density at radius 1 is 1.47 bits per heavy atom. The van der Waals surface area contributed by atoms with Crippen molar-refractivity contribution in [2.75, 3.05) is 12.8 Å². The molecule has 94 valence electrons. The molecule has 0 bridgehead atoms. The summed E-state index contributed by atoms with van der Waals surface area (Å²) in [4.78, 5) is 11.1. The number of aliphatic carboxylic acids is 1. The van der Waals surface area contributed by atoms with Crippen LogP contribution in [-0.2, 0) is 14.6 Å². The lowest BCUT2D eigenvalue weighted by Crippen LogP contribution is -2.21. The summed E-state index contributed by atoms with van der Waals surface area (Å²) in [5.74, 6) is -1.94. The van der Waals surface area contributed by atoms with Gasteiger partial charge in [-0.3, -0.25) is 4.79 Å². The molecule has 1 rings (SSSR count). The Bertz CT molecular complexity index is 536. The molecule has 3 N–H and O–H groups in total. The van der Waals surface area contributed by atoms with Crippen LogP contribution in [0.1, 0.15) is 17.0 Å². The Morgan fingerprint density at radius 3 is 2.47 bits per heavy atom. The van der Waals surface area contributed by atoms with E-state index >= 15 is 0 Å². The molecule has 0 aliphatic rings. The maximum atomic E-state index is 11.5. The van der Waals surface area contributed by atoms with Gasteiger partial charge in [-0.1, -0.05) is 12.1 Å². The van der Waals surface area contributed by atoms with Gasteiger partial charge in [-0.25, -0.2) is 8.42 Å². The van der Waals surface area contributed by atoms with Gasteiger partial charge < -0.3 is 10.8 Å². The van der Waals surface area contributed by atoms with E-state index in [2.05, 4.69) is 0 Å². The normalized spacial score (nSPS) is 13.4. The van der Waals surface area contributed by atoms with E-state index in [1.807, 2.05) is 0 Å². The van der Waals surface area contributed by atoms with Gasteiger partial charge >= 0.3 is 5.97 Å². The Morgan fingerprint density at radius 2 is 2.06 bits per heavy atom. The Kier molecular flexibility index (Phi) is 3.90. The van der Waals surface area contributed by atoms with E-state index < -0.39 is 21.7 Å². The van der Waals surface area contributed by atoms with E-state index in [1.54, 1.807) is 19.1 Å². The zero-order valence-corrected chi connectivity index (χ0v) is 10.5. The zero-order chi connectivity index (χ0) is 13.2. The van der Waals surface area contributed by atoms with Gasteiger partial charge in [0.1, 0.15) is 0 Å². The van der Waals surface area contributed by atoms with Gasteiger partial charge in [0, 0.05) is 12.8 Å². The number of benzene rings is 1. The number of aryl methyl sites for hydroxylation is 1. The number of nitrogens with two attached hydrogens (primary N) is 1. The van der Waals surface area contributed by atoms with E-state index in [9.17, 15) is 13.2 Å². The molecule has 0 aliphatic carbocycles. The van der Waals surface area contributed by atoms with E-state index in [4.69, 9.17) is 10.8 Å². The molecule has 1 atom stereocenters. The van der Waals surface area contributed by atoms with Gasteiger partial charge in [0.15, 0.2) is 9.84 Å². The second-order valence-corrected chi connectivity index (χ2v) is 5.91. The second-order valence-electron chi connectivity index (χ2n) is 3.92. The highest BCUT2D eigenvalue weighted by molar-refractivity contribution is 7.90. The maximum Gasteiger partial charge on any atom is 0.312 e. The standard InChI is InChI=1S/C11H15NO4S/c1-7-3-4-8(9(6-12)11(13)14)5-10(7)17(2,15)16/h3-5,9H,6,12H2,1-2H3,(H,13,14). The highest BCUT2D eigenvalue weighted by Gasteiger charge is 2.20. The number of carboxylic acid groups (broad SMARTS) is 1. The molecule has 0 amide bonds. The SMILES string of the molecule is Cc1ccc(C(CN)C(=O)O)cc1S(C)(=O)=O. The molecular weight excluding hydrogens is 242 g/mol. The third-order valence-corrected chi connectivity index (χ3v) is 3.79. The summed E-state index contributed by atoms with van der Waals surface area (Å²) in [5, 5.41) is 8.96. The topological polar surface area (TPSA) is 97.5 Å². The van der Waals surface area contributed by atoms with Gasteiger partial charge in [0.25, 0.3) is 0 Å². The van der Waals surface area contributed by atoms with E-state index in [-0.39, 0.29) is 11.4 Å². The third-order valence-electron chi connectivity index (χ3n) is 2.55. The zero-order valence-electron chi connectivity index (χ0n) is 9.67. The van der Waals surface area contributed by atoms with Crippen LogP contribution < -0.4 is 5.73 Å². The first-order chi connectivity index (χ1) is 7.77. The summed E-state index contributed by atoms with van der Waals surface area (Å²) >= 11 is 0. The summed E-state index contributed by atoms with van der Waals surface area (Å²) in [5.41, 5.74) is 6.38. The lowest BCUT2D eigenvalue weighted by molar-refractivity contribution is -0.138. The quantitative estimate of drug-likeness (QED) is 0.819. The molecule has 0 heterocycles. The average molecular weight is 257 g/mol. The van der Waals surface area contributed by atoms with Crippen LogP contribution in [0.3, 0.4) is 0 Å². The molecule has 0 radical (unpaired) electrons. The molecule has 1 aromatic carbocycles. The summed E-state index contributed by atoms with van der Waals surface area (Å²) in [7, 11) is -3.36. The monoisotopic (exact) mass is 257 g/mol. The van der Waals surface area contributed by atoms with Gasteiger partial charge in [0.05, 0.1) is 10.8 Å². The Labute approximate surface area is 100 Å². The fraction of sp³-hybridized carbons (Fsp3) is 0.364. The van der Waals surface area contributed by atoms with Crippen molar-refractivity contribution in [3.8, 4) is 0 Å². The van der Waals surface area contributed by atoms with Crippen LogP contribution in [0, 0.1) is 6.92 Å². The van der Waals surface area contributed by atoms with Crippen molar-refractivity contribution in [2.45, 2.75) is 17.7 Å². The van der Waals surface area contributed by atoms with Crippen molar-refractivity contribution in [1.82, 2.24) is 0 Å². The highest BCUT2D eigenvalue weighted by atomic mass is 32.2. The number of rotatable bonds is 4. The molecule has 0 aliphatic heterocycles. The lowest BCUT2D eigenvalue weighted by Gasteiger charge is -2.12. The summed E-state index contributed by atoms with van der Waals surface area (Å²) in [6, 6.07) is 4.57. The van der Waals surface area contributed by atoms with Gasteiger partial charge in [-0.05, 0) is 24.1 Å². The molecule has 1 aromatic rings. The first-order valence-electron chi connectivity index (χ1n) is 5.01. The number of carbonyl (C=O) groups is 1. The summed E-state index contributed by atoms with van der Waals surface area (Å²) in [6.07, 6.45) is 1.09. The van der Waals surface area contributed by atoms with Crippen LogP contribution in [0.15, 0.2) is 23.1 Å². The minimum Gasteiger partial charge on any atom is -0.481 e. The number of sulfone groups is 1. The van der Waals surface area contributed by atoms with Crippen molar-refractivity contribution >= 4 is 15.8 Å². The molecule has 17 heavy (non-hydrogen) atoms. The van der Waals surface area contributed by atoms with Crippen LogP contribution in [0.5, 0.6) is 0 Å². The first-order valence-corrected chi connectivity index (χ1v) is 6.90. The predicted molar refractivity (Wildman–Crippen MR) is 63.7 cm³/mol. The van der Waals surface area contributed by atoms with E-state index in [1.165, 1.54) is 6.07 Å². The van der Waals surface area contributed by atoms with Crippen molar-refractivity contribution in [1.29, 1.82) is 0 Å². The predicted octanol–water partition coefficient (Wildman–Crippen LogP) is 0.525. The van der Waals surface area contributed by atoms with Gasteiger partial charge in [-0.2, -0.15) is 0 Å². The smallest absolute Gasteiger partial charge is 0.312 e. The lowest BCUT2D eigenvalue weighted by atomic mass is 9.98. The van der Waals surface area contributed by atoms with Gasteiger partial charge in [0.2, 0.25) is 0 Å². The van der Waals surface area contributed by atoms with Crippen molar-refractivity contribution in [3.63, 3.8) is 0 Å². The number of hydrogen-bond donors (Lipinski definition) is 2. The van der Waals surface area contributed by atoms with E-state index in [0.29, 0.717) is 11.1 Å². The van der Waals surface area contributed by atoms with Crippen molar-refractivity contribution in [2.24, 2.45) is 5.73 Å². The Hall–Kier alpha value is -1.40. The molecule has 0 saturated carbocycles. The third kappa shape index (κ3) is 3.04. The molecular formula is C11H15NO4S. The molecule has 0 fully saturated rings. The van der Waals surface area contributed by atoms with Crippen LogP contribution in [0.2, 0.25) is 0 Å². The fourth-order valence-corrected chi connectivity index (χ4v) is 2.62. The molecule has 1 unspecified atom stereocenters. The van der Waals surface area contributed by atoms with Crippen LogP contribution in [-0.4, -0.2) is 32.3 Å². The molecule has 6 heteroatoms. The van der Waals surface area contributed by atoms with Crippen LogP contribution in [0.4, 0.5) is 0 Å². The minimum atomic E-state index is -3.36. The Balaban J connectivity index is 3.35. The molecule has 0 saturated heterocycles. The fourth-order valence-electron chi connectivity index (χ4n) is 1.61. The second kappa shape index (κ2) is 4.85. The molecule has 0 aromatic heterocycles. The van der Waals surface area contributed by atoms with Crippen molar-refractivity contribution < 1.29 is 18.3 Å². The minimum absolute atomic E-state index is 0.0679. The highest BCUT2D eigenvalue weighted by Crippen LogP contribution is 2.22. The first kappa shape index (κ1) is 13.7. The van der Waals surface area contributed by atoms with Crippen molar-refractivity contribution in [3.05, 3.63) is 29.3 Å². The summed E-state index contributed by atoms with van der Waals surface area (Å²) in [6.45, 7) is 1.60. The summed E-state index contributed by atoms with van der Waals surface area (Å²) < 4.78 is 23.0. The number of hydrogen-bond acceptors (Lipinski definition) is 4.